The molecule has 2 aromatic carbocycles. The molecule has 0 bridgehead atoms. The Kier molecular flexibility index (Phi) is 15.0. The number of amides is 2. The first-order chi connectivity index (χ1) is 23.7. The van der Waals surface area contributed by atoms with Crippen LogP contribution in [0.1, 0.15) is 77.3 Å². The smallest absolute Gasteiger partial charge is 0.330 e. The van der Waals surface area contributed by atoms with Gasteiger partial charge in [-0.05, 0) is 49.9 Å². The molecule has 5 atom stereocenters. The molecule has 2 fully saturated rings. The summed E-state index contributed by atoms with van der Waals surface area (Å²) in [6.07, 6.45) is 8.50. The van der Waals surface area contributed by atoms with Crippen molar-refractivity contribution < 1.29 is 32.8 Å². The number of nitrogens with one attached hydrogen (secondary N) is 1. The lowest BCUT2D eigenvalue weighted by Gasteiger charge is -2.44. The van der Waals surface area contributed by atoms with Crippen LogP contribution in [0.3, 0.4) is 0 Å². The van der Waals surface area contributed by atoms with Crippen LogP contribution in [0.4, 0.5) is 0 Å². The molecule has 2 amide bonds. The van der Waals surface area contributed by atoms with E-state index in [1.165, 1.54) is 54.3 Å². The van der Waals surface area contributed by atoms with Crippen molar-refractivity contribution in [3.63, 3.8) is 0 Å². The summed E-state index contributed by atoms with van der Waals surface area (Å²) < 4.78 is 25.8. The fraction of sp³-hybridized carbons (Fsp3) is 0.583. The number of rotatable bonds is 15. The van der Waals surface area contributed by atoms with Gasteiger partial charge < -0.3 is 24.4 Å². The molecule has 1 N–H and O–H groups in total. The van der Waals surface area contributed by atoms with E-state index in [0.29, 0.717) is 6.79 Å². The predicted molar refractivity (Wildman–Crippen MR) is 202 cm³/mol. The van der Waals surface area contributed by atoms with Crippen molar-refractivity contribution in [2.24, 2.45) is 0 Å². The third kappa shape index (κ3) is 11.4. The van der Waals surface area contributed by atoms with E-state index in [0.717, 1.165) is 35.7 Å². The fourth-order valence-electron chi connectivity index (χ4n) is 6.08. The van der Waals surface area contributed by atoms with Crippen molar-refractivity contribution in [2.45, 2.75) is 110 Å². The molecular formula is C36H47Cl3N2O7S2. The monoisotopic (exact) mass is 788 g/mol. The Morgan fingerprint density at radius 2 is 1.72 bits per heavy atom. The number of hydrogen-bond donors (Lipinski definition) is 1. The number of unbranched alkanes of at least 4 members (excludes halogenated alkanes) is 5. The van der Waals surface area contributed by atoms with Gasteiger partial charge in [0.1, 0.15) is 24.1 Å². The van der Waals surface area contributed by atoms with Gasteiger partial charge in [0.2, 0.25) is 22.4 Å². The highest BCUT2D eigenvalue weighted by Crippen LogP contribution is 2.51. The summed E-state index contributed by atoms with van der Waals surface area (Å²) in [5.74, 6) is 1.26. The second kappa shape index (κ2) is 18.5. The first-order valence-electron chi connectivity index (χ1n) is 17.0. The number of thioether (sulfide) groups is 1. The van der Waals surface area contributed by atoms with E-state index in [1.54, 1.807) is 0 Å². The quantitative estimate of drug-likeness (QED) is 0.0878. The summed E-state index contributed by atoms with van der Waals surface area (Å²) in [5, 5.41) is 2.62. The molecule has 0 saturated carbocycles. The number of halogens is 3. The molecular weight excluding hydrogens is 743 g/mol. The molecule has 0 aromatic heterocycles. The fourth-order valence-corrected chi connectivity index (χ4v) is 9.14. The van der Waals surface area contributed by atoms with E-state index in [9.17, 15) is 18.6 Å². The van der Waals surface area contributed by atoms with E-state index in [4.69, 9.17) is 49.0 Å². The molecule has 276 valence electrons. The number of ether oxygens (including phenoxy) is 3. The zero-order chi connectivity index (χ0) is 36.5. The van der Waals surface area contributed by atoms with Crippen molar-refractivity contribution in [3.05, 3.63) is 59.7 Å². The van der Waals surface area contributed by atoms with E-state index in [2.05, 4.69) is 19.2 Å². The summed E-state index contributed by atoms with van der Waals surface area (Å²) in [6.45, 7) is 7.89. The van der Waals surface area contributed by atoms with Crippen LogP contribution in [0, 0.1) is 0 Å². The van der Waals surface area contributed by atoms with Gasteiger partial charge in [0.25, 0.3) is 0 Å². The number of fused-ring (bicyclic) bond motifs is 2. The molecule has 2 aromatic rings. The lowest BCUT2D eigenvalue weighted by Crippen LogP contribution is -2.70. The average Bonchev–Trinajstić information content (AvgIpc) is 3.64. The van der Waals surface area contributed by atoms with Crippen LogP contribution in [0.25, 0.3) is 0 Å². The molecule has 3 aliphatic rings. The minimum absolute atomic E-state index is 0.181. The molecule has 3 heterocycles. The Labute approximate surface area is 317 Å². The lowest BCUT2D eigenvalue weighted by molar-refractivity contribution is -0.164. The minimum Gasteiger partial charge on any atom is -0.460 e. The molecule has 9 nitrogen and oxygen atoms in total. The highest BCUT2D eigenvalue weighted by Gasteiger charge is 2.64. The van der Waals surface area contributed by atoms with Crippen LogP contribution in [-0.4, -0.2) is 77.3 Å². The van der Waals surface area contributed by atoms with E-state index in [1.807, 2.05) is 62.4 Å². The standard InChI is InChI=1S/C18H19Cl3N2O4S.C18H28O3S/c1-17(2)13(16(26)27-9-18(19,20)21)23-14(25)12(15(23)28-17)22-11(24)8-10-6-4-3-5-7-10;1-3-4-5-6-7-8-11-22(19)15(2)12-16-9-10-17-18(13-16)21-14-20-17/h3-7,12-13,15H,8-9H2,1-2H3,(H,22,24);9-10,13,15H,3-8,11-12,14H2,1-2H3/t12?,13-,15+;/m0./s1. The molecule has 50 heavy (non-hydrogen) atoms. The van der Waals surface area contributed by atoms with Gasteiger partial charge in [-0.15, -0.1) is 11.8 Å². The first kappa shape index (κ1) is 40.6. The number of alkyl halides is 3. The Morgan fingerprint density at radius 3 is 2.42 bits per heavy atom. The predicted octanol–water partition coefficient (Wildman–Crippen LogP) is 7.15. The third-order valence-electron chi connectivity index (χ3n) is 8.67. The van der Waals surface area contributed by atoms with Gasteiger partial charge in [-0.2, -0.15) is 0 Å². The Morgan fingerprint density at radius 1 is 1.04 bits per heavy atom. The molecule has 3 unspecified atom stereocenters. The Hall–Kier alpha value is -2.18. The SMILES string of the molecule is CC1(C)S[C@@H]2C(NC(=O)Cc3ccccc3)C(=O)N2[C@H]1C(=O)OCC(Cl)(Cl)Cl.CCCCCCCCS(=O)C(C)Cc1ccc2c(c1)OCO2. The van der Waals surface area contributed by atoms with Gasteiger partial charge >= 0.3 is 5.97 Å². The van der Waals surface area contributed by atoms with Gasteiger partial charge in [-0.1, -0.05) is 117 Å². The van der Waals surface area contributed by atoms with Crippen LogP contribution in [-0.2, 0) is 42.8 Å². The van der Waals surface area contributed by atoms with Gasteiger partial charge in [0.05, 0.1) is 6.42 Å². The van der Waals surface area contributed by atoms with Crippen LogP contribution >= 0.6 is 46.6 Å². The number of carbonyl (C=O) groups is 3. The maximum absolute atomic E-state index is 12.6. The molecule has 0 aliphatic carbocycles. The minimum atomic E-state index is -1.72. The zero-order valence-corrected chi connectivity index (χ0v) is 32.9. The Bertz CT molecular complexity index is 1490. The van der Waals surface area contributed by atoms with Gasteiger partial charge in [-0.25, -0.2) is 4.79 Å². The van der Waals surface area contributed by atoms with Crippen molar-refractivity contribution in [3.8, 4) is 11.5 Å². The van der Waals surface area contributed by atoms with E-state index >= 15 is 0 Å². The molecule has 3 aliphatic heterocycles. The second-order valence-electron chi connectivity index (χ2n) is 13.2. The van der Waals surface area contributed by atoms with E-state index < -0.39 is 44.0 Å². The largest absolute Gasteiger partial charge is 0.460 e. The number of carbonyl (C=O) groups excluding carboxylic acids is 3. The maximum Gasteiger partial charge on any atom is 0.330 e. The molecule has 0 spiro atoms. The molecule has 2 saturated heterocycles. The van der Waals surface area contributed by atoms with Gasteiger partial charge in [0, 0.05) is 26.5 Å². The number of hydrogen-bond acceptors (Lipinski definition) is 8. The van der Waals surface area contributed by atoms with Crippen LogP contribution in [0.5, 0.6) is 11.5 Å². The number of nitrogens with zero attached hydrogens (tertiary/aromatic N) is 1. The Balaban J connectivity index is 0.000000232. The van der Waals surface area contributed by atoms with Crippen molar-refractivity contribution in [1.82, 2.24) is 10.2 Å². The summed E-state index contributed by atoms with van der Waals surface area (Å²) >= 11 is 18.3. The topological polar surface area (TPSA) is 111 Å². The van der Waals surface area contributed by atoms with Gasteiger partial charge in [-0.3, -0.25) is 13.8 Å². The average molecular weight is 790 g/mol. The lowest BCUT2D eigenvalue weighted by atomic mass is 9.96. The number of esters is 1. The summed E-state index contributed by atoms with van der Waals surface area (Å²) in [5.41, 5.74) is 2.03. The molecule has 5 rings (SSSR count). The molecule has 14 heteroatoms. The number of benzene rings is 2. The normalized spacial score (nSPS) is 21.3. The van der Waals surface area contributed by atoms with Crippen LogP contribution < -0.4 is 14.8 Å². The van der Waals surface area contributed by atoms with Crippen LogP contribution in [0.15, 0.2) is 48.5 Å². The summed E-state index contributed by atoms with van der Waals surface area (Å²) in [6, 6.07) is 13.8. The third-order valence-corrected chi connectivity index (χ3v) is 12.3. The first-order valence-corrected chi connectivity index (χ1v) is 20.4. The van der Waals surface area contributed by atoms with Crippen molar-refractivity contribution >= 4 is 75.1 Å². The van der Waals surface area contributed by atoms with Gasteiger partial charge in [0.15, 0.2) is 11.5 Å². The highest BCUT2D eigenvalue weighted by molar-refractivity contribution is 8.01. The second-order valence-corrected chi connectivity index (χ2v) is 19.5. The number of β-lactam (4-membered cyclic amide) rings is 1. The summed E-state index contributed by atoms with van der Waals surface area (Å²) in [7, 11) is -0.743. The maximum atomic E-state index is 12.6. The zero-order valence-electron chi connectivity index (χ0n) is 29.0. The molecule has 0 radical (unpaired) electrons. The van der Waals surface area contributed by atoms with Crippen LogP contribution in [0.2, 0.25) is 0 Å². The van der Waals surface area contributed by atoms with E-state index in [-0.39, 0.29) is 28.9 Å². The summed E-state index contributed by atoms with van der Waals surface area (Å²) in [4.78, 5) is 38.9. The van der Waals surface area contributed by atoms with Crippen molar-refractivity contribution in [2.75, 3.05) is 19.2 Å². The van der Waals surface area contributed by atoms with Crippen molar-refractivity contribution in [1.29, 1.82) is 0 Å². The highest BCUT2D eigenvalue weighted by atomic mass is 35.6.